The monoisotopic (exact) mass is 335 g/mol. The van der Waals surface area contributed by atoms with Crippen LogP contribution in [0, 0.1) is 18.3 Å². The summed E-state index contributed by atoms with van der Waals surface area (Å²) < 4.78 is 5.72. The van der Waals surface area contributed by atoms with Crippen molar-refractivity contribution in [1.29, 1.82) is 5.26 Å². The zero-order valence-corrected chi connectivity index (χ0v) is 14.6. The molecule has 0 atom stereocenters. The van der Waals surface area contributed by atoms with Crippen LogP contribution in [-0.2, 0) is 0 Å². The zero-order valence-electron chi connectivity index (χ0n) is 14.6. The van der Waals surface area contributed by atoms with Crippen LogP contribution in [0.5, 0.6) is 0 Å². The summed E-state index contributed by atoms with van der Waals surface area (Å²) >= 11 is 0. The molecule has 0 unspecified atom stereocenters. The lowest BCUT2D eigenvalue weighted by atomic mass is 10.0. The third-order valence-electron chi connectivity index (χ3n) is 4.39. The van der Waals surface area contributed by atoms with E-state index in [1.165, 1.54) is 0 Å². The van der Waals surface area contributed by atoms with Gasteiger partial charge in [-0.2, -0.15) is 10.4 Å². The van der Waals surface area contributed by atoms with Gasteiger partial charge >= 0.3 is 0 Å². The Morgan fingerprint density at radius 3 is 2.84 bits per heavy atom. The minimum atomic E-state index is 0.211. The molecule has 0 aliphatic rings. The number of oxazole rings is 1. The van der Waals surface area contributed by atoms with Crippen molar-refractivity contribution in [3.8, 4) is 6.07 Å². The van der Waals surface area contributed by atoms with Gasteiger partial charge in [-0.25, -0.2) is 10.4 Å². The number of anilines is 1. The first-order valence-corrected chi connectivity index (χ1v) is 8.45. The average Bonchev–Trinajstić information content (AvgIpc) is 3.17. The van der Waals surface area contributed by atoms with E-state index in [1.54, 1.807) is 6.21 Å². The van der Waals surface area contributed by atoms with Crippen molar-refractivity contribution >= 4 is 23.0 Å². The van der Waals surface area contributed by atoms with Crippen LogP contribution in [0.2, 0.25) is 0 Å². The van der Waals surface area contributed by atoms with Gasteiger partial charge in [-0.3, -0.25) is 0 Å². The van der Waals surface area contributed by atoms with E-state index < -0.39 is 0 Å². The number of nitrogens with one attached hydrogen (secondary N) is 2. The van der Waals surface area contributed by atoms with Crippen molar-refractivity contribution in [2.45, 2.75) is 39.5 Å². The molecule has 2 aromatic heterocycles. The lowest BCUT2D eigenvalue weighted by Gasteiger charge is -2.05. The molecule has 0 spiro atoms. The second-order valence-electron chi connectivity index (χ2n) is 5.93. The first-order valence-electron chi connectivity index (χ1n) is 8.45. The van der Waals surface area contributed by atoms with Crippen molar-refractivity contribution in [2.24, 2.45) is 5.10 Å². The van der Waals surface area contributed by atoms with E-state index in [9.17, 15) is 5.26 Å². The molecule has 6 nitrogen and oxygen atoms in total. The molecular formula is C19H21N5O. The van der Waals surface area contributed by atoms with Crippen LogP contribution in [0.4, 0.5) is 5.88 Å². The highest BCUT2D eigenvalue weighted by atomic mass is 16.4. The van der Waals surface area contributed by atoms with Crippen molar-refractivity contribution in [1.82, 2.24) is 9.97 Å². The maximum absolute atomic E-state index is 9.26. The fraction of sp³-hybridized carbons (Fsp3) is 0.316. The number of rotatable bonds is 6. The molecule has 0 bridgehead atoms. The van der Waals surface area contributed by atoms with Gasteiger partial charge < -0.3 is 9.40 Å². The molecule has 2 N–H and O–H groups in total. The van der Waals surface area contributed by atoms with Gasteiger partial charge in [0.2, 0.25) is 11.6 Å². The second-order valence-corrected chi connectivity index (χ2v) is 5.93. The molecule has 6 heteroatoms. The highest BCUT2D eigenvalue weighted by molar-refractivity contribution is 6.00. The van der Waals surface area contributed by atoms with Crippen molar-refractivity contribution in [2.75, 3.05) is 5.43 Å². The van der Waals surface area contributed by atoms with Crippen molar-refractivity contribution < 1.29 is 4.42 Å². The van der Waals surface area contributed by atoms with Crippen LogP contribution in [0.3, 0.4) is 0 Å². The molecule has 0 amide bonds. The van der Waals surface area contributed by atoms with E-state index in [-0.39, 0.29) is 17.5 Å². The number of para-hydroxylation sites is 1. The molecule has 3 aromatic rings. The smallest absolute Gasteiger partial charge is 0.252 e. The van der Waals surface area contributed by atoms with Gasteiger partial charge in [0.1, 0.15) is 6.07 Å². The first-order chi connectivity index (χ1) is 12.2. The van der Waals surface area contributed by atoms with E-state index in [1.807, 2.05) is 31.2 Å². The minimum absolute atomic E-state index is 0.211. The molecule has 3 rings (SSSR count). The fourth-order valence-electron chi connectivity index (χ4n) is 2.92. The molecule has 0 aliphatic heterocycles. The van der Waals surface area contributed by atoms with E-state index in [0.717, 1.165) is 35.0 Å². The summed E-state index contributed by atoms with van der Waals surface area (Å²) in [6.07, 6.45) is 3.56. The number of hydrogen-bond acceptors (Lipinski definition) is 5. The molecule has 1 aromatic carbocycles. The maximum atomic E-state index is 9.26. The summed E-state index contributed by atoms with van der Waals surface area (Å²) in [5.74, 6) is 1.09. The zero-order chi connectivity index (χ0) is 17.8. The largest absolute Gasteiger partial charge is 0.422 e. The number of H-pyrrole nitrogens is 1. The summed E-state index contributed by atoms with van der Waals surface area (Å²) in [6.45, 7) is 6.16. The molecule has 0 saturated carbocycles. The third-order valence-corrected chi connectivity index (χ3v) is 4.39. The first kappa shape index (κ1) is 16.8. The van der Waals surface area contributed by atoms with E-state index in [0.29, 0.717) is 5.89 Å². The summed E-state index contributed by atoms with van der Waals surface area (Å²) in [5.41, 5.74) is 6.15. The number of aromatic nitrogens is 2. The quantitative estimate of drug-likeness (QED) is 0.505. The van der Waals surface area contributed by atoms with Crippen molar-refractivity contribution in [3.63, 3.8) is 0 Å². The molecule has 0 fully saturated rings. The Balaban J connectivity index is 1.84. The molecule has 128 valence electrons. The number of nitrogens with zero attached hydrogens (tertiary/aromatic N) is 3. The van der Waals surface area contributed by atoms with E-state index >= 15 is 0 Å². The van der Waals surface area contributed by atoms with Crippen LogP contribution in [0.25, 0.3) is 10.9 Å². The molecule has 0 saturated heterocycles. The molecule has 25 heavy (non-hydrogen) atoms. The molecule has 0 radical (unpaired) electrons. The van der Waals surface area contributed by atoms with Crippen LogP contribution < -0.4 is 5.43 Å². The topological polar surface area (TPSA) is 90.0 Å². The van der Waals surface area contributed by atoms with Crippen LogP contribution in [-0.4, -0.2) is 16.2 Å². The number of fused-ring (bicyclic) bond motifs is 1. The third kappa shape index (κ3) is 3.26. The number of aryl methyl sites for hydroxylation is 1. The summed E-state index contributed by atoms with van der Waals surface area (Å²) in [6, 6.07) is 10.1. The predicted octanol–water partition coefficient (Wildman–Crippen LogP) is 4.69. The SMILES string of the molecule is CCC(CC)c1nc(C#N)c(NN=Cc2c(C)[nH]c3ccccc23)o1. The van der Waals surface area contributed by atoms with E-state index in [4.69, 9.17) is 4.42 Å². The number of hydrogen-bond donors (Lipinski definition) is 2. The Kier molecular flexibility index (Phi) is 4.85. The van der Waals surface area contributed by atoms with Crippen LogP contribution in [0.15, 0.2) is 33.8 Å². The maximum Gasteiger partial charge on any atom is 0.252 e. The number of hydrazone groups is 1. The van der Waals surface area contributed by atoms with Crippen LogP contribution >= 0.6 is 0 Å². The molecular weight excluding hydrogens is 314 g/mol. The molecule has 0 aliphatic carbocycles. The number of aromatic amines is 1. The Hall–Kier alpha value is -3.07. The summed E-state index contributed by atoms with van der Waals surface area (Å²) in [5, 5.41) is 14.6. The standard InChI is InChI=1S/C19H21N5O/c1-4-13(5-2)18-23-17(10-20)19(25-18)24-21-11-15-12(3)22-16-9-7-6-8-14(15)16/h6-9,11,13,22,24H,4-5H2,1-3H3. The highest BCUT2D eigenvalue weighted by Crippen LogP contribution is 2.27. The average molecular weight is 335 g/mol. The minimum Gasteiger partial charge on any atom is -0.422 e. The van der Waals surface area contributed by atoms with Gasteiger partial charge in [-0.05, 0) is 25.8 Å². The van der Waals surface area contributed by atoms with Crippen LogP contribution in [0.1, 0.15) is 55.4 Å². The van der Waals surface area contributed by atoms with Gasteiger partial charge in [0, 0.05) is 28.1 Å². The lowest BCUT2D eigenvalue weighted by molar-refractivity contribution is 0.439. The Bertz CT molecular complexity index is 941. The molecule has 2 heterocycles. The number of benzene rings is 1. The second kappa shape index (κ2) is 7.22. The van der Waals surface area contributed by atoms with Gasteiger partial charge in [-0.1, -0.05) is 32.0 Å². The van der Waals surface area contributed by atoms with Crippen molar-refractivity contribution in [3.05, 3.63) is 47.1 Å². The van der Waals surface area contributed by atoms with Gasteiger partial charge in [0.05, 0.1) is 6.21 Å². The predicted molar refractivity (Wildman–Crippen MR) is 98.8 cm³/mol. The Morgan fingerprint density at radius 1 is 1.36 bits per heavy atom. The number of nitriles is 1. The van der Waals surface area contributed by atoms with Gasteiger partial charge in [-0.15, -0.1) is 0 Å². The Labute approximate surface area is 146 Å². The van der Waals surface area contributed by atoms with Gasteiger partial charge in [0.15, 0.2) is 0 Å². The summed E-state index contributed by atoms with van der Waals surface area (Å²) in [7, 11) is 0. The van der Waals surface area contributed by atoms with Gasteiger partial charge in [0.25, 0.3) is 5.88 Å². The summed E-state index contributed by atoms with van der Waals surface area (Å²) in [4.78, 5) is 7.61. The highest BCUT2D eigenvalue weighted by Gasteiger charge is 2.18. The van der Waals surface area contributed by atoms with E-state index in [2.05, 4.69) is 40.4 Å². The lowest BCUT2D eigenvalue weighted by Crippen LogP contribution is -1.95. The fourth-order valence-corrected chi connectivity index (χ4v) is 2.92. The normalized spacial score (nSPS) is 11.5. The Morgan fingerprint density at radius 2 is 2.12 bits per heavy atom.